The van der Waals surface area contributed by atoms with E-state index in [1.165, 1.54) is 12.1 Å². The summed E-state index contributed by atoms with van der Waals surface area (Å²) >= 11 is 0. The molecular formula is C15H16FNO2. The van der Waals surface area contributed by atoms with Crippen LogP contribution in [0, 0.1) is 5.82 Å². The highest BCUT2D eigenvalue weighted by Gasteiger charge is 2.00. The summed E-state index contributed by atoms with van der Waals surface area (Å²) in [6.45, 7) is 5.69. The number of hydrogen-bond acceptors (Lipinski definition) is 3. The van der Waals surface area contributed by atoms with Gasteiger partial charge in [-0.2, -0.15) is 0 Å². The molecular weight excluding hydrogens is 245 g/mol. The van der Waals surface area contributed by atoms with Gasteiger partial charge in [0.1, 0.15) is 12.4 Å². The quantitative estimate of drug-likeness (QED) is 0.342. The molecule has 1 rings (SSSR count). The molecule has 100 valence electrons. The molecule has 0 N–H and O–H groups in total. The van der Waals surface area contributed by atoms with Crippen molar-refractivity contribution in [3.05, 3.63) is 53.9 Å². The average molecular weight is 261 g/mol. The number of allylic oxidation sites excluding steroid dienone is 1. The predicted molar refractivity (Wildman–Crippen MR) is 74.6 cm³/mol. The van der Waals surface area contributed by atoms with Gasteiger partial charge in [0.25, 0.3) is 0 Å². The van der Waals surface area contributed by atoms with Gasteiger partial charge in [0.05, 0.1) is 6.54 Å². The van der Waals surface area contributed by atoms with Gasteiger partial charge in [-0.1, -0.05) is 24.8 Å². The standard InChI is InChI=1S/C15H16FNO2/c1-12(2)15(18)19-11-10-17-9-3-4-13-5-7-14(16)8-6-13/h3-9H,1,10-11H2,2H3/b4-3+,17-9?. The van der Waals surface area contributed by atoms with Crippen LogP contribution in [-0.2, 0) is 9.53 Å². The summed E-state index contributed by atoms with van der Waals surface area (Å²) in [6, 6.07) is 6.14. The largest absolute Gasteiger partial charge is 0.460 e. The summed E-state index contributed by atoms with van der Waals surface area (Å²) in [5.41, 5.74) is 1.27. The lowest BCUT2D eigenvalue weighted by atomic mass is 10.2. The highest BCUT2D eigenvalue weighted by Crippen LogP contribution is 2.03. The number of ether oxygens (including phenoxy) is 1. The monoisotopic (exact) mass is 261 g/mol. The normalized spacial score (nSPS) is 11.1. The third-order valence-corrected chi connectivity index (χ3v) is 2.15. The molecule has 0 aliphatic carbocycles. The van der Waals surface area contributed by atoms with Crippen LogP contribution in [0.15, 0.2) is 47.5 Å². The van der Waals surface area contributed by atoms with Crippen molar-refractivity contribution in [3.63, 3.8) is 0 Å². The van der Waals surface area contributed by atoms with Crippen LogP contribution < -0.4 is 0 Å². The zero-order valence-corrected chi connectivity index (χ0v) is 10.8. The Morgan fingerprint density at radius 2 is 2.11 bits per heavy atom. The highest BCUT2D eigenvalue weighted by molar-refractivity contribution is 5.86. The Labute approximate surface area is 112 Å². The lowest BCUT2D eigenvalue weighted by Gasteiger charge is -2.00. The van der Waals surface area contributed by atoms with Crippen LogP contribution in [0.3, 0.4) is 0 Å². The number of rotatable bonds is 6. The molecule has 4 heteroatoms. The summed E-state index contributed by atoms with van der Waals surface area (Å²) < 4.78 is 17.5. The number of halogens is 1. The molecule has 0 aliphatic heterocycles. The summed E-state index contributed by atoms with van der Waals surface area (Å²) in [5, 5.41) is 0. The SMILES string of the molecule is C=C(C)C(=O)OCCN=C/C=C/c1ccc(F)cc1. The first kappa shape index (κ1) is 14.8. The molecule has 0 saturated heterocycles. The number of carbonyl (C=O) groups is 1. The van der Waals surface area contributed by atoms with Crippen LogP contribution in [0.1, 0.15) is 12.5 Å². The number of hydrogen-bond donors (Lipinski definition) is 0. The smallest absolute Gasteiger partial charge is 0.333 e. The lowest BCUT2D eigenvalue weighted by Crippen LogP contribution is -2.07. The van der Waals surface area contributed by atoms with E-state index in [4.69, 9.17) is 4.74 Å². The van der Waals surface area contributed by atoms with Gasteiger partial charge in [-0.3, -0.25) is 4.99 Å². The topological polar surface area (TPSA) is 38.7 Å². The fourth-order valence-electron chi connectivity index (χ4n) is 1.18. The first-order valence-electron chi connectivity index (χ1n) is 5.84. The Bertz CT molecular complexity index is 489. The van der Waals surface area contributed by atoms with Gasteiger partial charge in [-0.25, -0.2) is 9.18 Å². The van der Waals surface area contributed by atoms with Crippen LogP contribution >= 0.6 is 0 Å². The molecule has 3 nitrogen and oxygen atoms in total. The van der Waals surface area contributed by atoms with E-state index in [9.17, 15) is 9.18 Å². The lowest BCUT2D eigenvalue weighted by molar-refractivity contribution is -0.138. The van der Waals surface area contributed by atoms with E-state index in [0.717, 1.165) is 5.56 Å². The third kappa shape index (κ3) is 6.31. The van der Waals surface area contributed by atoms with Crippen LogP contribution in [0.2, 0.25) is 0 Å². The summed E-state index contributed by atoms with van der Waals surface area (Å²) in [4.78, 5) is 15.1. The van der Waals surface area contributed by atoms with E-state index >= 15 is 0 Å². The molecule has 0 unspecified atom stereocenters. The zero-order valence-electron chi connectivity index (χ0n) is 10.8. The van der Waals surface area contributed by atoms with E-state index in [2.05, 4.69) is 11.6 Å². The number of carbonyl (C=O) groups excluding carboxylic acids is 1. The molecule has 0 aromatic heterocycles. The molecule has 0 aliphatic rings. The van der Waals surface area contributed by atoms with Crippen LogP contribution in [-0.4, -0.2) is 25.3 Å². The molecule has 0 spiro atoms. The Balaban J connectivity index is 2.25. The molecule has 0 amide bonds. The van der Waals surface area contributed by atoms with E-state index in [1.807, 2.05) is 6.08 Å². The molecule has 0 heterocycles. The van der Waals surface area contributed by atoms with Gasteiger partial charge >= 0.3 is 5.97 Å². The van der Waals surface area contributed by atoms with Gasteiger partial charge in [0.15, 0.2) is 0 Å². The van der Waals surface area contributed by atoms with Crippen molar-refractivity contribution in [2.45, 2.75) is 6.92 Å². The minimum absolute atomic E-state index is 0.229. The van der Waals surface area contributed by atoms with Gasteiger partial charge < -0.3 is 4.74 Å². The molecule has 0 radical (unpaired) electrons. The second-order valence-corrected chi connectivity index (χ2v) is 3.88. The van der Waals surface area contributed by atoms with Gasteiger partial charge in [-0.05, 0) is 30.7 Å². The van der Waals surface area contributed by atoms with Gasteiger partial charge in [0.2, 0.25) is 0 Å². The van der Waals surface area contributed by atoms with Crippen molar-refractivity contribution in [2.24, 2.45) is 4.99 Å². The van der Waals surface area contributed by atoms with Crippen molar-refractivity contribution < 1.29 is 13.9 Å². The molecule has 0 atom stereocenters. The Morgan fingerprint density at radius 3 is 2.74 bits per heavy atom. The second kappa shape index (κ2) is 7.97. The number of benzene rings is 1. The van der Waals surface area contributed by atoms with Gasteiger partial charge in [-0.15, -0.1) is 0 Å². The minimum Gasteiger partial charge on any atom is -0.460 e. The van der Waals surface area contributed by atoms with E-state index in [0.29, 0.717) is 12.1 Å². The van der Waals surface area contributed by atoms with E-state index in [1.54, 1.807) is 31.3 Å². The van der Waals surface area contributed by atoms with Crippen molar-refractivity contribution in [3.8, 4) is 0 Å². The Kier molecular flexibility index (Phi) is 6.22. The van der Waals surface area contributed by atoms with Crippen molar-refractivity contribution in [1.82, 2.24) is 0 Å². The first-order valence-corrected chi connectivity index (χ1v) is 5.84. The zero-order chi connectivity index (χ0) is 14.1. The average Bonchev–Trinajstić information content (AvgIpc) is 2.39. The third-order valence-electron chi connectivity index (χ3n) is 2.15. The van der Waals surface area contributed by atoms with E-state index in [-0.39, 0.29) is 12.4 Å². The molecule has 1 aromatic carbocycles. The van der Waals surface area contributed by atoms with Crippen LogP contribution in [0.5, 0.6) is 0 Å². The maximum Gasteiger partial charge on any atom is 0.333 e. The summed E-state index contributed by atoms with van der Waals surface area (Å²) in [5.74, 6) is -0.665. The summed E-state index contributed by atoms with van der Waals surface area (Å²) in [6.07, 6.45) is 5.16. The van der Waals surface area contributed by atoms with Crippen LogP contribution in [0.4, 0.5) is 4.39 Å². The molecule has 0 fully saturated rings. The highest BCUT2D eigenvalue weighted by atomic mass is 19.1. The summed E-state index contributed by atoms with van der Waals surface area (Å²) in [7, 11) is 0. The van der Waals surface area contributed by atoms with E-state index < -0.39 is 5.97 Å². The maximum absolute atomic E-state index is 12.6. The van der Waals surface area contributed by atoms with Crippen molar-refractivity contribution >= 4 is 18.3 Å². The predicted octanol–water partition coefficient (Wildman–Crippen LogP) is 3.03. The first-order chi connectivity index (χ1) is 9.09. The number of aliphatic imine (C=N–C) groups is 1. The molecule has 0 saturated carbocycles. The second-order valence-electron chi connectivity index (χ2n) is 3.88. The molecule has 0 bridgehead atoms. The van der Waals surface area contributed by atoms with Crippen molar-refractivity contribution in [1.29, 1.82) is 0 Å². The van der Waals surface area contributed by atoms with Gasteiger partial charge in [0, 0.05) is 11.8 Å². The minimum atomic E-state index is -0.406. The Hall–Kier alpha value is -2.23. The molecule has 19 heavy (non-hydrogen) atoms. The van der Waals surface area contributed by atoms with Crippen molar-refractivity contribution in [2.75, 3.05) is 13.2 Å². The number of esters is 1. The van der Waals surface area contributed by atoms with Crippen LogP contribution in [0.25, 0.3) is 6.08 Å². The fraction of sp³-hybridized carbons (Fsp3) is 0.200. The Morgan fingerprint density at radius 1 is 1.42 bits per heavy atom. The number of nitrogens with zero attached hydrogens (tertiary/aromatic N) is 1. The maximum atomic E-state index is 12.6. The molecule has 1 aromatic rings. The fourth-order valence-corrected chi connectivity index (χ4v) is 1.18.